The van der Waals surface area contributed by atoms with Gasteiger partial charge in [-0.05, 0) is 30.5 Å². The largest absolute Gasteiger partial charge is 0.493 e. The Hall–Kier alpha value is -3.27. The van der Waals surface area contributed by atoms with Crippen molar-refractivity contribution in [1.82, 2.24) is 18.7 Å². The van der Waals surface area contributed by atoms with Crippen molar-refractivity contribution in [3.63, 3.8) is 0 Å². The summed E-state index contributed by atoms with van der Waals surface area (Å²) >= 11 is 0. The lowest BCUT2D eigenvalue weighted by Gasteiger charge is -2.09. The molecule has 1 aromatic carbocycles. The molecule has 11 heteroatoms. The van der Waals surface area contributed by atoms with Crippen molar-refractivity contribution < 1.29 is 9.47 Å². The lowest BCUT2D eigenvalue weighted by Crippen LogP contribution is -2.37. The molecule has 0 bridgehead atoms. The molecule has 3 aromatic rings. The molecule has 2 heterocycles. The Balaban J connectivity index is 0.00000363. The second-order valence-electron chi connectivity index (χ2n) is 7.23. The molecule has 3 rings (SSSR count). The third kappa shape index (κ3) is 5.13. The third-order valence-corrected chi connectivity index (χ3v) is 5.21. The van der Waals surface area contributed by atoms with Crippen LogP contribution in [-0.2, 0) is 27.1 Å². The molecule has 0 saturated carbocycles. The van der Waals surface area contributed by atoms with Crippen molar-refractivity contribution in [2.45, 2.75) is 25.8 Å². The van der Waals surface area contributed by atoms with Crippen LogP contribution in [0.15, 0.2) is 39.1 Å². The molecule has 0 aliphatic heterocycles. The predicted molar refractivity (Wildman–Crippen MR) is 126 cm³/mol. The zero-order valence-corrected chi connectivity index (χ0v) is 19.5. The Kier molecular flexibility index (Phi) is 8.48. The van der Waals surface area contributed by atoms with E-state index in [4.69, 9.17) is 15.2 Å². The van der Waals surface area contributed by atoms with E-state index in [-0.39, 0.29) is 18.0 Å². The first-order chi connectivity index (χ1) is 14.9. The van der Waals surface area contributed by atoms with E-state index in [1.165, 1.54) is 11.6 Å². The van der Waals surface area contributed by atoms with E-state index in [1.807, 2.05) is 18.2 Å². The molecule has 2 N–H and O–H groups in total. The molecule has 0 saturated heterocycles. The molecule has 0 fully saturated rings. The van der Waals surface area contributed by atoms with Crippen molar-refractivity contribution >= 4 is 29.4 Å². The van der Waals surface area contributed by atoms with Gasteiger partial charge in [-0.2, -0.15) is 0 Å². The Labute approximate surface area is 191 Å². The molecule has 0 atom stereocenters. The summed E-state index contributed by atoms with van der Waals surface area (Å²) in [4.78, 5) is 33.1. The molecule has 0 spiro atoms. The first kappa shape index (κ1) is 25.0. The third-order valence-electron chi connectivity index (χ3n) is 5.21. The van der Waals surface area contributed by atoms with Crippen LogP contribution in [0.5, 0.6) is 11.5 Å². The second-order valence-corrected chi connectivity index (χ2v) is 7.23. The zero-order chi connectivity index (χ0) is 22.5. The van der Waals surface area contributed by atoms with E-state index in [1.54, 1.807) is 32.2 Å². The highest BCUT2D eigenvalue weighted by Gasteiger charge is 2.14. The molecular weight excluding hydrogens is 436 g/mol. The van der Waals surface area contributed by atoms with Crippen molar-refractivity contribution in [1.29, 1.82) is 0 Å². The van der Waals surface area contributed by atoms with E-state index in [0.717, 1.165) is 16.6 Å². The summed E-state index contributed by atoms with van der Waals surface area (Å²) in [6.45, 7) is 1.12. The quantitative estimate of drug-likeness (QED) is 0.376. The summed E-state index contributed by atoms with van der Waals surface area (Å²) in [6.07, 6.45) is 3.61. The van der Waals surface area contributed by atoms with Crippen molar-refractivity contribution in [2.75, 3.05) is 20.8 Å². The standard InChI is InChI=1S/C21H28N6O4.ClH/c1-25-19-18(20(28)26(2)21(25)29)27(13-24-19)11-5-6-17(22)23-10-9-14-7-8-15(30-3)16(12-14)31-4;/h7-8,12-13H,5-6,9-11H2,1-4H3,(H2,22,23);1H. The van der Waals surface area contributed by atoms with Crippen LogP contribution in [0, 0.1) is 0 Å². The lowest BCUT2D eigenvalue weighted by molar-refractivity contribution is 0.354. The minimum Gasteiger partial charge on any atom is -0.493 e. The van der Waals surface area contributed by atoms with Crippen molar-refractivity contribution in [3.8, 4) is 11.5 Å². The SMILES string of the molecule is COc1ccc(CCN=C(N)CCCn2cnc3c2c(=O)n(C)c(=O)n3C)cc1OC.Cl. The minimum absolute atomic E-state index is 0. The Morgan fingerprint density at radius 3 is 2.53 bits per heavy atom. The summed E-state index contributed by atoms with van der Waals surface area (Å²) < 4.78 is 14.8. The number of rotatable bonds is 9. The number of aromatic nitrogens is 4. The van der Waals surface area contributed by atoms with Gasteiger partial charge in [0, 0.05) is 33.6 Å². The van der Waals surface area contributed by atoms with Crippen LogP contribution in [0.25, 0.3) is 11.2 Å². The maximum atomic E-state index is 12.5. The Bertz CT molecular complexity index is 1230. The molecule has 0 aliphatic rings. The number of amidine groups is 1. The van der Waals surface area contributed by atoms with Gasteiger partial charge in [0.2, 0.25) is 0 Å². The van der Waals surface area contributed by atoms with Gasteiger partial charge in [-0.3, -0.25) is 18.9 Å². The average molecular weight is 465 g/mol. The van der Waals surface area contributed by atoms with Crippen LogP contribution in [-0.4, -0.2) is 45.3 Å². The summed E-state index contributed by atoms with van der Waals surface area (Å²) in [5.41, 5.74) is 7.18. The fourth-order valence-electron chi connectivity index (χ4n) is 3.44. The number of methoxy groups -OCH3 is 2. The smallest absolute Gasteiger partial charge is 0.332 e. The molecule has 0 radical (unpaired) electrons. The van der Waals surface area contributed by atoms with E-state index in [9.17, 15) is 9.59 Å². The first-order valence-corrected chi connectivity index (χ1v) is 9.98. The highest BCUT2D eigenvalue weighted by atomic mass is 35.5. The average Bonchev–Trinajstić information content (AvgIpc) is 3.20. The van der Waals surface area contributed by atoms with Crippen LogP contribution in [0.4, 0.5) is 0 Å². The Morgan fingerprint density at radius 1 is 1.12 bits per heavy atom. The van der Waals surface area contributed by atoms with Crippen LogP contribution in [0.3, 0.4) is 0 Å². The number of nitrogens with two attached hydrogens (primary N) is 1. The summed E-state index contributed by atoms with van der Waals surface area (Å²) in [5.74, 6) is 1.94. The summed E-state index contributed by atoms with van der Waals surface area (Å²) in [6, 6.07) is 5.78. The molecule has 0 aliphatic carbocycles. The maximum Gasteiger partial charge on any atom is 0.332 e. The van der Waals surface area contributed by atoms with Crippen LogP contribution < -0.4 is 26.5 Å². The lowest BCUT2D eigenvalue weighted by atomic mass is 10.1. The minimum atomic E-state index is -0.395. The number of aryl methyl sites for hydroxylation is 2. The van der Waals surface area contributed by atoms with Gasteiger partial charge in [0.15, 0.2) is 22.7 Å². The zero-order valence-electron chi connectivity index (χ0n) is 18.7. The number of fused-ring (bicyclic) bond motifs is 1. The van der Waals surface area contributed by atoms with Gasteiger partial charge in [-0.1, -0.05) is 6.07 Å². The maximum absolute atomic E-state index is 12.5. The van der Waals surface area contributed by atoms with Gasteiger partial charge in [0.1, 0.15) is 0 Å². The molecule has 174 valence electrons. The summed E-state index contributed by atoms with van der Waals surface area (Å²) in [7, 11) is 6.28. The fourth-order valence-corrected chi connectivity index (χ4v) is 3.44. The normalized spacial score (nSPS) is 11.4. The number of hydrogen-bond acceptors (Lipinski definition) is 6. The van der Waals surface area contributed by atoms with Crippen LogP contribution in [0.2, 0.25) is 0 Å². The number of benzene rings is 1. The summed E-state index contributed by atoms with van der Waals surface area (Å²) in [5, 5.41) is 0. The van der Waals surface area contributed by atoms with E-state index < -0.39 is 5.69 Å². The first-order valence-electron chi connectivity index (χ1n) is 9.98. The molecule has 32 heavy (non-hydrogen) atoms. The fraction of sp³-hybridized carbons (Fsp3) is 0.429. The van der Waals surface area contributed by atoms with Crippen molar-refractivity contribution in [2.24, 2.45) is 24.8 Å². The second kappa shape index (κ2) is 10.9. The topological polar surface area (TPSA) is 119 Å². The Morgan fingerprint density at radius 2 is 1.84 bits per heavy atom. The molecule has 0 amide bonds. The van der Waals surface area contributed by atoms with Gasteiger partial charge in [-0.25, -0.2) is 9.78 Å². The van der Waals surface area contributed by atoms with Gasteiger partial charge >= 0.3 is 5.69 Å². The molecular formula is C21H29ClN6O4. The van der Waals surface area contributed by atoms with Crippen LogP contribution >= 0.6 is 12.4 Å². The predicted octanol–water partition coefficient (Wildman–Crippen LogP) is 1.25. The number of halogens is 1. The van der Waals surface area contributed by atoms with Gasteiger partial charge < -0.3 is 19.8 Å². The molecule has 10 nitrogen and oxygen atoms in total. The number of imidazole rings is 1. The molecule has 0 unspecified atom stereocenters. The van der Waals surface area contributed by atoms with Gasteiger partial charge in [-0.15, -0.1) is 12.4 Å². The van der Waals surface area contributed by atoms with E-state index in [0.29, 0.717) is 54.4 Å². The number of aliphatic imine (C=N–C) groups is 1. The van der Waals surface area contributed by atoms with Crippen molar-refractivity contribution in [3.05, 3.63) is 50.9 Å². The highest BCUT2D eigenvalue weighted by molar-refractivity contribution is 5.85. The highest BCUT2D eigenvalue weighted by Crippen LogP contribution is 2.27. The van der Waals surface area contributed by atoms with E-state index in [2.05, 4.69) is 9.98 Å². The number of hydrogen-bond donors (Lipinski definition) is 1. The van der Waals surface area contributed by atoms with Gasteiger partial charge in [0.25, 0.3) is 5.56 Å². The number of nitrogens with zero attached hydrogens (tertiary/aromatic N) is 5. The number of ether oxygens (including phenoxy) is 2. The van der Waals surface area contributed by atoms with Crippen LogP contribution in [0.1, 0.15) is 18.4 Å². The van der Waals surface area contributed by atoms with Gasteiger partial charge in [0.05, 0.1) is 26.4 Å². The molecule has 2 aromatic heterocycles. The van der Waals surface area contributed by atoms with E-state index >= 15 is 0 Å². The monoisotopic (exact) mass is 464 g/mol.